The normalized spacial score (nSPS) is 36.9. The third-order valence-corrected chi connectivity index (χ3v) is 8.87. The van der Waals surface area contributed by atoms with Crippen LogP contribution >= 0.6 is 0 Å². The van der Waals surface area contributed by atoms with Crippen molar-refractivity contribution in [2.24, 2.45) is 16.7 Å². The molecule has 1 N–H and O–H groups in total. The van der Waals surface area contributed by atoms with Crippen LogP contribution in [0.4, 0.5) is 0 Å². The highest BCUT2D eigenvalue weighted by Crippen LogP contribution is 2.63. The molecule has 3 aliphatic carbocycles. The van der Waals surface area contributed by atoms with Gasteiger partial charge in [0.2, 0.25) is 0 Å². The van der Waals surface area contributed by atoms with Gasteiger partial charge in [-0.1, -0.05) is 32.9 Å². The van der Waals surface area contributed by atoms with Gasteiger partial charge in [0.05, 0.1) is 11.5 Å². The van der Waals surface area contributed by atoms with E-state index in [0.717, 1.165) is 5.57 Å². The second-order valence-electron chi connectivity index (χ2n) is 11.5. The Labute approximate surface area is 218 Å². The van der Waals surface area contributed by atoms with E-state index >= 15 is 0 Å². The van der Waals surface area contributed by atoms with Crippen LogP contribution in [0.5, 0.6) is 0 Å². The predicted molar refractivity (Wildman–Crippen MR) is 133 cm³/mol. The lowest BCUT2D eigenvalue weighted by Gasteiger charge is -2.62. The Morgan fingerprint density at radius 1 is 0.919 bits per heavy atom. The number of rotatable bonds is 4. The minimum Gasteiger partial charge on any atom is -0.462 e. The lowest BCUT2D eigenvalue weighted by molar-refractivity contribution is -0.225. The largest absolute Gasteiger partial charge is 0.462 e. The Balaban J connectivity index is 2.44. The van der Waals surface area contributed by atoms with Crippen molar-refractivity contribution in [2.45, 2.75) is 111 Å². The summed E-state index contributed by atoms with van der Waals surface area (Å²) in [5.74, 6) is -2.83. The number of hydrogen-bond donors (Lipinski definition) is 1. The maximum absolute atomic E-state index is 12.5. The van der Waals surface area contributed by atoms with E-state index in [-0.39, 0.29) is 12.8 Å². The summed E-state index contributed by atoms with van der Waals surface area (Å²) >= 11 is 0. The average Bonchev–Trinajstić information content (AvgIpc) is 2.74. The van der Waals surface area contributed by atoms with Gasteiger partial charge in [-0.2, -0.15) is 0 Å². The van der Waals surface area contributed by atoms with Gasteiger partial charge in [0.25, 0.3) is 0 Å². The number of carbonyl (C=O) groups excluding carboxylic acids is 4. The molecule has 2 fully saturated rings. The quantitative estimate of drug-likeness (QED) is 0.336. The second kappa shape index (κ2) is 9.89. The molecule has 206 valence electrons. The number of carbonyl (C=O) groups is 4. The minimum absolute atomic E-state index is 0.0258. The van der Waals surface area contributed by atoms with E-state index in [1.54, 1.807) is 6.92 Å². The number of aliphatic hydroxyl groups excluding tert-OH is 1. The first-order valence-electron chi connectivity index (χ1n) is 12.8. The van der Waals surface area contributed by atoms with Gasteiger partial charge >= 0.3 is 23.9 Å². The number of hydrogen-bond acceptors (Lipinski definition) is 9. The number of esters is 4. The van der Waals surface area contributed by atoms with Crippen molar-refractivity contribution in [2.75, 3.05) is 0 Å². The minimum atomic E-state index is -1.18. The molecule has 0 saturated heterocycles. The van der Waals surface area contributed by atoms with Gasteiger partial charge in [-0.3, -0.25) is 19.2 Å². The van der Waals surface area contributed by atoms with Gasteiger partial charge in [0.15, 0.2) is 12.2 Å². The highest BCUT2D eigenvalue weighted by molar-refractivity contribution is 5.69. The topological polar surface area (TPSA) is 125 Å². The van der Waals surface area contributed by atoms with Crippen molar-refractivity contribution < 1.29 is 43.2 Å². The fourth-order valence-electron chi connectivity index (χ4n) is 7.11. The van der Waals surface area contributed by atoms with Crippen molar-refractivity contribution >= 4 is 23.9 Å². The Kier molecular flexibility index (Phi) is 7.72. The zero-order chi connectivity index (χ0) is 28.1. The number of allylic oxidation sites excluding steroid dienone is 1. The number of aliphatic hydroxyl groups is 1. The lowest BCUT2D eigenvalue weighted by atomic mass is 9.48. The van der Waals surface area contributed by atoms with Crippen LogP contribution in [0.1, 0.15) is 81.1 Å². The van der Waals surface area contributed by atoms with E-state index < -0.39 is 70.6 Å². The molecule has 7 atom stereocenters. The molecule has 0 spiro atoms. The van der Waals surface area contributed by atoms with Crippen molar-refractivity contribution in [3.63, 3.8) is 0 Å². The van der Waals surface area contributed by atoms with Crippen LogP contribution in [-0.2, 0) is 38.1 Å². The predicted octanol–water partition coefficient (Wildman–Crippen LogP) is 3.57. The summed E-state index contributed by atoms with van der Waals surface area (Å²) in [6, 6.07) is 0. The summed E-state index contributed by atoms with van der Waals surface area (Å²) in [6.07, 6.45) is -2.73. The Hall–Kier alpha value is -2.68. The molecule has 37 heavy (non-hydrogen) atoms. The van der Waals surface area contributed by atoms with Crippen LogP contribution in [0.2, 0.25) is 0 Å². The van der Waals surface area contributed by atoms with Gasteiger partial charge in [-0.25, -0.2) is 0 Å². The van der Waals surface area contributed by atoms with Crippen LogP contribution in [0, 0.1) is 16.7 Å². The van der Waals surface area contributed by atoms with E-state index in [1.165, 1.54) is 27.7 Å². The van der Waals surface area contributed by atoms with Crippen LogP contribution in [0.15, 0.2) is 23.3 Å². The van der Waals surface area contributed by atoms with Crippen molar-refractivity contribution in [1.82, 2.24) is 0 Å². The maximum Gasteiger partial charge on any atom is 0.303 e. The van der Waals surface area contributed by atoms with Crippen LogP contribution in [0.3, 0.4) is 0 Å². The number of ether oxygens (including phenoxy) is 4. The average molecular weight is 521 g/mol. The van der Waals surface area contributed by atoms with E-state index in [0.29, 0.717) is 24.0 Å². The lowest BCUT2D eigenvalue weighted by Crippen LogP contribution is -2.67. The molecule has 3 rings (SSSR count). The Morgan fingerprint density at radius 3 is 2.00 bits per heavy atom. The first-order valence-corrected chi connectivity index (χ1v) is 12.8. The molecule has 0 aromatic heterocycles. The third kappa shape index (κ3) is 4.82. The smallest absolute Gasteiger partial charge is 0.303 e. The Morgan fingerprint density at radius 2 is 1.49 bits per heavy atom. The van der Waals surface area contributed by atoms with E-state index in [1.807, 2.05) is 20.8 Å². The third-order valence-electron chi connectivity index (χ3n) is 8.87. The molecule has 0 amide bonds. The second-order valence-corrected chi connectivity index (χ2v) is 11.5. The Bertz CT molecular complexity index is 1040. The standard InChI is InChI=1S/C28H40O9/c1-14-10-11-28(37-19(6)32)13-20-15(2)21(33)12-22(34-16(3)29)27(20,9)25(36-18(5)31)24(35-17(4)30)23(14)26(28,7)8/h20-22,24-25,33H,2,10-13H2,1,3-9H3/t20-,21+,22+,24-,25+,27+,28-/m1/s1. The molecule has 0 aromatic rings. The molecule has 2 saturated carbocycles. The van der Waals surface area contributed by atoms with Gasteiger partial charge in [0.1, 0.15) is 11.7 Å². The van der Waals surface area contributed by atoms with Gasteiger partial charge in [0, 0.05) is 39.5 Å². The number of fused-ring (bicyclic) bond motifs is 3. The zero-order valence-corrected chi connectivity index (χ0v) is 23.1. The molecule has 0 unspecified atom stereocenters. The molecule has 0 radical (unpaired) electrons. The molecular weight excluding hydrogens is 480 g/mol. The molecular formula is C28H40O9. The molecule has 2 bridgehead atoms. The van der Waals surface area contributed by atoms with Gasteiger partial charge < -0.3 is 24.1 Å². The summed E-state index contributed by atoms with van der Waals surface area (Å²) in [6.45, 7) is 17.0. The van der Waals surface area contributed by atoms with Gasteiger partial charge in [-0.05, 0) is 43.3 Å². The molecule has 9 nitrogen and oxygen atoms in total. The molecule has 0 aromatic carbocycles. The van der Waals surface area contributed by atoms with E-state index in [2.05, 4.69) is 6.58 Å². The SMILES string of the molecule is C=C1[C@H]2C[C@]3(OC(C)=O)CCC(C)=C([C@@H](OC(C)=O)[C@H](OC(C)=O)[C@]2(C)[C@@H](OC(C)=O)C[C@@H]1O)C3(C)C. The zero-order valence-electron chi connectivity index (χ0n) is 23.1. The molecule has 0 aliphatic heterocycles. The van der Waals surface area contributed by atoms with Crippen molar-refractivity contribution in [1.29, 1.82) is 0 Å². The van der Waals surface area contributed by atoms with Crippen molar-refractivity contribution in [3.8, 4) is 0 Å². The van der Waals surface area contributed by atoms with E-state index in [9.17, 15) is 24.3 Å². The maximum atomic E-state index is 12.5. The van der Waals surface area contributed by atoms with E-state index in [4.69, 9.17) is 18.9 Å². The van der Waals surface area contributed by atoms with Gasteiger partial charge in [-0.15, -0.1) is 0 Å². The summed E-state index contributed by atoms with van der Waals surface area (Å²) in [7, 11) is 0. The van der Waals surface area contributed by atoms with Crippen LogP contribution in [-0.4, -0.2) is 59.0 Å². The highest BCUT2D eigenvalue weighted by Gasteiger charge is 2.67. The monoisotopic (exact) mass is 520 g/mol. The van der Waals surface area contributed by atoms with Crippen LogP contribution < -0.4 is 0 Å². The molecule has 9 heteroatoms. The fourth-order valence-corrected chi connectivity index (χ4v) is 7.11. The fraction of sp³-hybridized carbons (Fsp3) is 0.714. The first-order chi connectivity index (χ1) is 17.0. The first kappa shape index (κ1) is 28.9. The highest BCUT2D eigenvalue weighted by atomic mass is 16.6. The summed E-state index contributed by atoms with van der Waals surface area (Å²) in [5, 5.41) is 11.0. The van der Waals surface area contributed by atoms with Crippen LogP contribution in [0.25, 0.3) is 0 Å². The molecule has 3 aliphatic rings. The van der Waals surface area contributed by atoms with Crippen molar-refractivity contribution in [3.05, 3.63) is 23.3 Å². The molecule has 0 heterocycles. The summed E-state index contributed by atoms with van der Waals surface area (Å²) < 4.78 is 23.9. The summed E-state index contributed by atoms with van der Waals surface area (Å²) in [4.78, 5) is 49.8. The summed E-state index contributed by atoms with van der Waals surface area (Å²) in [5.41, 5.74) is -0.975.